The fraction of sp³-hybridized carbons (Fsp3) is 0. The van der Waals surface area contributed by atoms with E-state index in [1.54, 1.807) is 0 Å². The van der Waals surface area contributed by atoms with Crippen LogP contribution in [-0.2, 0) is 4.79 Å². The zero-order valence-corrected chi connectivity index (χ0v) is 6.26. The van der Waals surface area contributed by atoms with Gasteiger partial charge in [0.15, 0.2) is 5.75 Å². The molecular formula is C7H4NO5. The molecule has 0 aliphatic rings. The molecule has 0 fully saturated rings. The summed E-state index contributed by atoms with van der Waals surface area (Å²) < 4.78 is 4.23. The van der Waals surface area contributed by atoms with Crippen LogP contribution in [0.2, 0.25) is 0 Å². The van der Waals surface area contributed by atoms with Gasteiger partial charge in [-0.25, -0.2) is 4.79 Å². The Morgan fingerprint density at radius 3 is 2.69 bits per heavy atom. The molecule has 13 heavy (non-hydrogen) atoms. The molecule has 0 aliphatic carbocycles. The lowest BCUT2D eigenvalue weighted by atomic mass is 10.3. The summed E-state index contributed by atoms with van der Waals surface area (Å²) in [7, 11) is 0. The molecule has 6 heteroatoms. The molecule has 0 saturated carbocycles. The maximum atomic E-state index is 10.2. The van der Waals surface area contributed by atoms with Gasteiger partial charge >= 0.3 is 12.2 Å². The summed E-state index contributed by atoms with van der Waals surface area (Å²) in [5, 5.41) is 19.3. The lowest BCUT2D eigenvalue weighted by molar-refractivity contribution is -0.385. The van der Waals surface area contributed by atoms with Crippen LogP contribution in [0.1, 0.15) is 0 Å². The molecule has 1 N–H and O–H groups in total. The van der Waals surface area contributed by atoms with Gasteiger partial charge in [0.05, 0.1) is 4.92 Å². The van der Waals surface area contributed by atoms with Crippen molar-refractivity contribution in [1.82, 2.24) is 0 Å². The summed E-state index contributed by atoms with van der Waals surface area (Å²) in [6, 6.07) is 3.17. The van der Waals surface area contributed by atoms with Crippen molar-refractivity contribution in [3.63, 3.8) is 0 Å². The molecule has 67 valence electrons. The SMILES string of the molecule is O=[C]Oc1ccc([N+](=O)[O-])c(O)c1. The summed E-state index contributed by atoms with van der Waals surface area (Å²) in [5.74, 6) is -0.559. The Bertz CT molecular complexity index is 349. The molecular weight excluding hydrogens is 178 g/mol. The van der Waals surface area contributed by atoms with E-state index in [0.29, 0.717) is 0 Å². The zero-order chi connectivity index (χ0) is 9.84. The fourth-order valence-corrected chi connectivity index (χ4v) is 0.769. The van der Waals surface area contributed by atoms with Crippen LogP contribution in [0.3, 0.4) is 0 Å². The van der Waals surface area contributed by atoms with Gasteiger partial charge in [-0.1, -0.05) is 0 Å². The molecule has 0 unspecified atom stereocenters. The molecule has 0 spiro atoms. The number of aromatic hydroxyl groups is 1. The molecule has 0 saturated heterocycles. The van der Waals surface area contributed by atoms with E-state index in [9.17, 15) is 14.9 Å². The second-order valence-corrected chi connectivity index (χ2v) is 2.09. The summed E-state index contributed by atoms with van der Waals surface area (Å²) in [4.78, 5) is 19.2. The van der Waals surface area contributed by atoms with E-state index in [2.05, 4.69) is 4.74 Å². The molecule has 0 aromatic heterocycles. The molecule has 6 nitrogen and oxygen atoms in total. The van der Waals surface area contributed by atoms with E-state index in [0.717, 1.165) is 18.6 Å². The first-order valence-corrected chi connectivity index (χ1v) is 3.16. The van der Waals surface area contributed by atoms with E-state index < -0.39 is 16.4 Å². The van der Waals surface area contributed by atoms with E-state index in [1.807, 2.05) is 0 Å². The zero-order valence-electron chi connectivity index (χ0n) is 6.26. The lowest BCUT2D eigenvalue weighted by Crippen LogP contribution is -1.91. The van der Waals surface area contributed by atoms with Crippen molar-refractivity contribution in [2.45, 2.75) is 0 Å². The van der Waals surface area contributed by atoms with E-state index in [1.165, 1.54) is 6.07 Å². The number of hydrogen-bond acceptors (Lipinski definition) is 5. The molecule has 1 aromatic rings. The molecule has 1 aromatic carbocycles. The highest BCUT2D eigenvalue weighted by Gasteiger charge is 2.13. The van der Waals surface area contributed by atoms with Gasteiger partial charge in [-0.3, -0.25) is 10.1 Å². The van der Waals surface area contributed by atoms with Gasteiger partial charge in [-0.15, -0.1) is 0 Å². The standard InChI is InChI=1S/C7H4NO5/c9-4-13-5-1-2-6(8(11)12)7(10)3-5/h1-3,10H. The summed E-state index contributed by atoms with van der Waals surface area (Å²) in [5.41, 5.74) is -0.446. The fourth-order valence-electron chi connectivity index (χ4n) is 0.769. The van der Waals surface area contributed by atoms with Crippen molar-refractivity contribution in [1.29, 1.82) is 0 Å². The van der Waals surface area contributed by atoms with Gasteiger partial charge in [0.1, 0.15) is 5.75 Å². The summed E-state index contributed by atoms with van der Waals surface area (Å²) in [6.45, 7) is 1.13. The van der Waals surface area contributed by atoms with E-state index in [-0.39, 0.29) is 5.75 Å². The molecule has 0 atom stereocenters. The number of phenolic OH excluding ortho intramolecular Hbond substituents is 1. The Morgan fingerprint density at radius 2 is 2.23 bits per heavy atom. The number of ether oxygens (including phenoxy) is 1. The number of carbonyl (C=O) groups excluding carboxylic acids is 1. The molecule has 0 bridgehead atoms. The predicted molar refractivity (Wildman–Crippen MR) is 41.1 cm³/mol. The Hall–Kier alpha value is -2.11. The average molecular weight is 182 g/mol. The number of phenols is 1. The minimum Gasteiger partial charge on any atom is -0.502 e. The van der Waals surface area contributed by atoms with Gasteiger partial charge in [-0.2, -0.15) is 0 Å². The second-order valence-electron chi connectivity index (χ2n) is 2.09. The third kappa shape index (κ3) is 1.92. The molecule has 0 aliphatic heterocycles. The van der Waals surface area contributed by atoms with Crippen molar-refractivity contribution < 1.29 is 19.6 Å². The summed E-state index contributed by atoms with van der Waals surface area (Å²) >= 11 is 0. The maximum absolute atomic E-state index is 10.2. The maximum Gasteiger partial charge on any atom is 0.423 e. The minimum absolute atomic E-state index is 0.00176. The van der Waals surface area contributed by atoms with Crippen LogP contribution in [0.15, 0.2) is 18.2 Å². The topological polar surface area (TPSA) is 89.7 Å². The van der Waals surface area contributed by atoms with Crippen molar-refractivity contribution in [3.8, 4) is 11.5 Å². The first-order chi connectivity index (χ1) is 6.15. The first kappa shape index (κ1) is 8.98. The molecule has 0 heterocycles. The Labute approximate surface area is 72.5 Å². The van der Waals surface area contributed by atoms with Gasteiger partial charge in [0, 0.05) is 12.1 Å². The Balaban J connectivity index is 3.05. The quantitative estimate of drug-likeness (QED) is 0.550. The van der Waals surface area contributed by atoms with Gasteiger partial charge < -0.3 is 9.84 Å². The normalized spacial score (nSPS) is 9.23. The Morgan fingerprint density at radius 1 is 1.54 bits per heavy atom. The van der Waals surface area contributed by atoms with Gasteiger partial charge in [0.2, 0.25) is 0 Å². The van der Waals surface area contributed by atoms with Crippen LogP contribution >= 0.6 is 0 Å². The van der Waals surface area contributed by atoms with E-state index in [4.69, 9.17) is 5.11 Å². The van der Waals surface area contributed by atoms with Crippen LogP contribution in [0.4, 0.5) is 5.69 Å². The average Bonchev–Trinajstić information content (AvgIpc) is 2.04. The number of nitro groups is 1. The van der Waals surface area contributed by atoms with Crippen LogP contribution in [0.25, 0.3) is 0 Å². The first-order valence-electron chi connectivity index (χ1n) is 3.16. The van der Waals surface area contributed by atoms with Crippen molar-refractivity contribution in [2.75, 3.05) is 0 Å². The van der Waals surface area contributed by atoms with Gasteiger partial charge in [-0.05, 0) is 6.07 Å². The minimum atomic E-state index is -0.746. The third-order valence-electron chi connectivity index (χ3n) is 1.30. The highest BCUT2D eigenvalue weighted by molar-refractivity contribution is 5.53. The highest BCUT2D eigenvalue weighted by Crippen LogP contribution is 2.29. The van der Waals surface area contributed by atoms with Crippen molar-refractivity contribution in [3.05, 3.63) is 28.3 Å². The smallest absolute Gasteiger partial charge is 0.423 e. The highest BCUT2D eigenvalue weighted by atomic mass is 16.6. The number of nitrogens with zero attached hydrogens (tertiary/aromatic N) is 1. The number of benzene rings is 1. The Kier molecular flexibility index (Phi) is 2.44. The number of hydrogen-bond donors (Lipinski definition) is 1. The number of nitro benzene ring substituents is 1. The lowest BCUT2D eigenvalue weighted by Gasteiger charge is -1.97. The van der Waals surface area contributed by atoms with Crippen LogP contribution < -0.4 is 4.74 Å². The predicted octanol–water partition coefficient (Wildman–Crippen LogP) is 0.746. The van der Waals surface area contributed by atoms with Gasteiger partial charge in [0.25, 0.3) is 0 Å². The third-order valence-corrected chi connectivity index (χ3v) is 1.30. The second kappa shape index (κ2) is 3.53. The largest absolute Gasteiger partial charge is 0.502 e. The van der Waals surface area contributed by atoms with Crippen LogP contribution in [0, 0.1) is 10.1 Å². The molecule has 1 radical (unpaired) electrons. The summed E-state index contributed by atoms with van der Waals surface area (Å²) in [6.07, 6.45) is 0. The van der Waals surface area contributed by atoms with Crippen molar-refractivity contribution >= 4 is 12.2 Å². The van der Waals surface area contributed by atoms with Crippen LogP contribution in [0.5, 0.6) is 11.5 Å². The van der Waals surface area contributed by atoms with Crippen LogP contribution in [-0.4, -0.2) is 16.5 Å². The number of rotatable bonds is 3. The monoisotopic (exact) mass is 182 g/mol. The van der Waals surface area contributed by atoms with E-state index >= 15 is 0 Å². The van der Waals surface area contributed by atoms with Crippen molar-refractivity contribution in [2.24, 2.45) is 0 Å². The molecule has 1 rings (SSSR count). The molecule has 0 amide bonds.